The third-order valence-electron chi connectivity index (χ3n) is 2.15. The molecular weight excluding hydrogens is 178 g/mol. The molecule has 0 radical (unpaired) electrons. The third kappa shape index (κ3) is 2.29. The maximum atomic E-state index is 11.8. The summed E-state index contributed by atoms with van der Waals surface area (Å²) in [5, 5.41) is 0. The highest BCUT2D eigenvalue weighted by Gasteiger charge is 2.16. The fourth-order valence-corrected chi connectivity index (χ4v) is 1.27. The number of nitrogens with two attached hydrogens (primary N) is 2. The first-order valence-corrected chi connectivity index (χ1v) is 4.61. The molecule has 0 saturated heterocycles. The molecule has 0 amide bonds. The monoisotopic (exact) mass is 193 g/mol. The van der Waals surface area contributed by atoms with Gasteiger partial charge in [0, 0.05) is 12.1 Å². The van der Waals surface area contributed by atoms with Crippen molar-refractivity contribution in [3.8, 4) is 0 Å². The minimum absolute atomic E-state index is 0.0149. The van der Waals surface area contributed by atoms with E-state index in [1.54, 1.807) is 18.3 Å². The molecule has 0 aliphatic rings. The summed E-state index contributed by atoms with van der Waals surface area (Å²) in [5.41, 5.74) is 11.5. The Morgan fingerprint density at radius 2 is 2.36 bits per heavy atom. The average molecular weight is 193 g/mol. The van der Waals surface area contributed by atoms with E-state index in [9.17, 15) is 4.79 Å². The second-order valence-corrected chi connectivity index (χ2v) is 3.28. The van der Waals surface area contributed by atoms with Crippen LogP contribution in [0, 0.1) is 5.92 Å². The third-order valence-corrected chi connectivity index (χ3v) is 2.15. The number of Topliss-reactive ketones (excluding diaryl/α,β-unsaturated/α-hetero) is 1. The first-order chi connectivity index (χ1) is 6.66. The van der Waals surface area contributed by atoms with E-state index in [0.29, 0.717) is 24.3 Å². The Labute approximate surface area is 83.3 Å². The molecule has 0 aromatic carbocycles. The van der Waals surface area contributed by atoms with Gasteiger partial charge in [-0.3, -0.25) is 4.79 Å². The quantitative estimate of drug-likeness (QED) is 0.694. The van der Waals surface area contributed by atoms with Crippen LogP contribution in [0.25, 0.3) is 0 Å². The number of nitrogen functional groups attached to an aromatic ring is 1. The van der Waals surface area contributed by atoms with Crippen LogP contribution in [0.15, 0.2) is 18.3 Å². The molecule has 0 aliphatic heterocycles. The number of hydrogen-bond donors (Lipinski definition) is 2. The molecule has 4 heteroatoms. The van der Waals surface area contributed by atoms with Crippen molar-refractivity contribution in [2.75, 3.05) is 12.3 Å². The summed E-state index contributed by atoms with van der Waals surface area (Å²) in [5.74, 6) is 0.217. The number of carbonyl (C=O) groups is 1. The van der Waals surface area contributed by atoms with Gasteiger partial charge < -0.3 is 11.5 Å². The predicted octanol–water partition coefficient (Wildman–Crippen LogP) is 0.831. The number of nitrogens with zero attached hydrogens (tertiary/aromatic N) is 1. The first kappa shape index (κ1) is 10.7. The van der Waals surface area contributed by atoms with Gasteiger partial charge in [0.25, 0.3) is 0 Å². The number of carbonyl (C=O) groups excluding carboxylic acids is 1. The normalized spacial score (nSPS) is 12.4. The molecule has 14 heavy (non-hydrogen) atoms. The van der Waals surface area contributed by atoms with E-state index in [1.807, 2.05) is 6.92 Å². The largest absolute Gasteiger partial charge is 0.383 e. The van der Waals surface area contributed by atoms with E-state index in [-0.39, 0.29) is 11.7 Å². The van der Waals surface area contributed by atoms with E-state index >= 15 is 0 Å². The lowest BCUT2D eigenvalue weighted by atomic mass is 9.97. The van der Waals surface area contributed by atoms with Crippen LogP contribution in [0.3, 0.4) is 0 Å². The lowest BCUT2D eigenvalue weighted by molar-refractivity contribution is 0.0926. The highest BCUT2D eigenvalue weighted by atomic mass is 16.1. The molecule has 1 unspecified atom stereocenters. The van der Waals surface area contributed by atoms with Crippen molar-refractivity contribution < 1.29 is 4.79 Å². The summed E-state index contributed by atoms with van der Waals surface area (Å²) in [6.45, 7) is 2.36. The summed E-state index contributed by atoms with van der Waals surface area (Å²) >= 11 is 0. The van der Waals surface area contributed by atoms with Crippen LogP contribution in [-0.4, -0.2) is 17.3 Å². The standard InChI is InChI=1S/C10H15N3O/c1-7(4-5-11)9(14)8-3-2-6-13-10(8)12/h2-3,6-7H,4-5,11H2,1H3,(H2,12,13). The number of anilines is 1. The van der Waals surface area contributed by atoms with Crippen molar-refractivity contribution in [2.45, 2.75) is 13.3 Å². The topological polar surface area (TPSA) is 82.0 Å². The molecule has 0 spiro atoms. The van der Waals surface area contributed by atoms with E-state index in [2.05, 4.69) is 4.98 Å². The van der Waals surface area contributed by atoms with Crippen LogP contribution in [0.2, 0.25) is 0 Å². The summed E-state index contributed by atoms with van der Waals surface area (Å²) < 4.78 is 0. The van der Waals surface area contributed by atoms with Gasteiger partial charge in [0.2, 0.25) is 0 Å². The fourth-order valence-electron chi connectivity index (χ4n) is 1.27. The zero-order valence-electron chi connectivity index (χ0n) is 8.23. The SMILES string of the molecule is CC(CCN)C(=O)c1cccnc1N. The minimum Gasteiger partial charge on any atom is -0.383 e. The fraction of sp³-hybridized carbons (Fsp3) is 0.400. The van der Waals surface area contributed by atoms with Gasteiger partial charge in [-0.05, 0) is 25.1 Å². The summed E-state index contributed by atoms with van der Waals surface area (Å²) in [4.78, 5) is 15.6. The maximum Gasteiger partial charge on any atom is 0.169 e. The Bertz CT molecular complexity index is 325. The van der Waals surface area contributed by atoms with Crippen molar-refractivity contribution in [3.63, 3.8) is 0 Å². The van der Waals surface area contributed by atoms with Gasteiger partial charge in [-0.25, -0.2) is 4.98 Å². The van der Waals surface area contributed by atoms with Gasteiger partial charge in [0.15, 0.2) is 5.78 Å². The molecule has 0 bridgehead atoms. The molecule has 1 heterocycles. The minimum atomic E-state index is -0.0912. The van der Waals surface area contributed by atoms with Crippen molar-refractivity contribution in [1.82, 2.24) is 4.98 Å². The Morgan fingerprint density at radius 3 is 2.93 bits per heavy atom. The molecule has 0 saturated carbocycles. The highest BCUT2D eigenvalue weighted by molar-refractivity contribution is 6.01. The predicted molar refractivity (Wildman–Crippen MR) is 55.8 cm³/mol. The molecule has 1 atom stereocenters. The number of pyridine rings is 1. The molecular formula is C10H15N3O. The number of rotatable bonds is 4. The molecule has 1 aromatic heterocycles. The molecule has 1 rings (SSSR count). The van der Waals surface area contributed by atoms with E-state index in [1.165, 1.54) is 0 Å². The van der Waals surface area contributed by atoms with Crippen molar-refractivity contribution in [3.05, 3.63) is 23.9 Å². The molecule has 4 nitrogen and oxygen atoms in total. The van der Waals surface area contributed by atoms with Gasteiger partial charge in [-0.15, -0.1) is 0 Å². The maximum absolute atomic E-state index is 11.8. The van der Waals surface area contributed by atoms with E-state index in [4.69, 9.17) is 11.5 Å². The van der Waals surface area contributed by atoms with Gasteiger partial charge in [0.1, 0.15) is 5.82 Å². The second-order valence-electron chi connectivity index (χ2n) is 3.28. The van der Waals surface area contributed by atoms with Gasteiger partial charge in [0.05, 0.1) is 5.56 Å². The summed E-state index contributed by atoms with van der Waals surface area (Å²) in [6.07, 6.45) is 2.24. The highest BCUT2D eigenvalue weighted by Crippen LogP contribution is 2.15. The van der Waals surface area contributed by atoms with E-state index in [0.717, 1.165) is 0 Å². The Morgan fingerprint density at radius 1 is 1.64 bits per heavy atom. The van der Waals surface area contributed by atoms with Gasteiger partial charge in [-0.2, -0.15) is 0 Å². The Balaban J connectivity index is 2.84. The van der Waals surface area contributed by atoms with Crippen LogP contribution < -0.4 is 11.5 Å². The van der Waals surface area contributed by atoms with Gasteiger partial charge >= 0.3 is 0 Å². The lowest BCUT2D eigenvalue weighted by Gasteiger charge is -2.09. The zero-order chi connectivity index (χ0) is 10.6. The van der Waals surface area contributed by atoms with Crippen LogP contribution >= 0.6 is 0 Å². The lowest BCUT2D eigenvalue weighted by Crippen LogP contribution is -2.17. The van der Waals surface area contributed by atoms with Crippen LogP contribution in [0.4, 0.5) is 5.82 Å². The first-order valence-electron chi connectivity index (χ1n) is 4.61. The average Bonchev–Trinajstić information content (AvgIpc) is 2.18. The second kappa shape index (κ2) is 4.72. The van der Waals surface area contributed by atoms with E-state index < -0.39 is 0 Å². The number of aromatic nitrogens is 1. The van der Waals surface area contributed by atoms with Crippen LogP contribution in [0.1, 0.15) is 23.7 Å². The van der Waals surface area contributed by atoms with Crippen molar-refractivity contribution >= 4 is 11.6 Å². The number of hydrogen-bond acceptors (Lipinski definition) is 4. The summed E-state index contributed by atoms with van der Waals surface area (Å²) in [7, 11) is 0. The molecule has 0 aliphatic carbocycles. The Hall–Kier alpha value is -1.42. The van der Waals surface area contributed by atoms with Crippen LogP contribution in [-0.2, 0) is 0 Å². The molecule has 4 N–H and O–H groups in total. The molecule has 76 valence electrons. The zero-order valence-corrected chi connectivity index (χ0v) is 8.23. The van der Waals surface area contributed by atoms with Gasteiger partial charge in [-0.1, -0.05) is 6.92 Å². The van der Waals surface area contributed by atoms with Crippen molar-refractivity contribution in [2.24, 2.45) is 11.7 Å². The summed E-state index contributed by atoms with van der Waals surface area (Å²) in [6, 6.07) is 3.40. The van der Waals surface area contributed by atoms with Crippen LogP contribution in [0.5, 0.6) is 0 Å². The smallest absolute Gasteiger partial charge is 0.169 e. The molecule has 0 fully saturated rings. The molecule has 1 aromatic rings. The van der Waals surface area contributed by atoms with Crippen molar-refractivity contribution in [1.29, 1.82) is 0 Å². The Kier molecular flexibility index (Phi) is 3.59. The number of ketones is 1.